The van der Waals surface area contributed by atoms with Gasteiger partial charge in [-0.2, -0.15) is 0 Å². The molecule has 0 spiro atoms. The quantitative estimate of drug-likeness (QED) is 0.494. The zero-order chi connectivity index (χ0) is 10.1. The Hall–Kier alpha value is -0.770. The number of unbranched alkanes of at least 4 members (excludes halogenated alkanes) is 2. The SMILES string of the molecule is CCCCCC(COC(=O)O)OC. The van der Waals surface area contributed by atoms with Crippen LogP contribution < -0.4 is 0 Å². The number of hydrogen-bond acceptors (Lipinski definition) is 3. The maximum Gasteiger partial charge on any atom is 0.505 e. The smallest absolute Gasteiger partial charge is 0.450 e. The van der Waals surface area contributed by atoms with E-state index < -0.39 is 6.16 Å². The van der Waals surface area contributed by atoms with Gasteiger partial charge in [0.15, 0.2) is 0 Å². The minimum Gasteiger partial charge on any atom is -0.450 e. The Labute approximate surface area is 78.8 Å². The van der Waals surface area contributed by atoms with Crippen molar-refractivity contribution in [1.82, 2.24) is 0 Å². The fourth-order valence-corrected chi connectivity index (χ4v) is 1.06. The van der Waals surface area contributed by atoms with Crippen LogP contribution in [-0.4, -0.2) is 31.1 Å². The van der Waals surface area contributed by atoms with E-state index in [9.17, 15) is 4.79 Å². The van der Waals surface area contributed by atoms with E-state index in [-0.39, 0.29) is 12.7 Å². The number of hydrogen-bond donors (Lipinski definition) is 1. The number of carbonyl (C=O) groups is 1. The molecule has 1 N–H and O–H groups in total. The molecule has 0 aromatic heterocycles. The van der Waals surface area contributed by atoms with Crippen LogP contribution in [0.5, 0.6) is 0 Å². The number of carboxylic acid groups (broad SMARTS) is 1. The van der Waals surface area contributed by atoms with Crippen LogP contribution in [0.25, 0.3) is 0 Å². The van der Waals surface area contributed by atoms with Crippen LogP contribution in [0.4, 0.5) is 4.79 Å². The van der Waals surface area contributed by atoms with Gasteiger partial charge in [-0.25, -0.2) is 4.79 Å². The summed E-state index contributed by atoms with van der Waals surface area (Å²) in [6.45, 7) is 2.26. The summed E-state index contributed by atoms with van der Waals surface area (Å²) in [5, 5.41) is 8.25. The van der Waals surface area contributed by atoms with Gasteiger partial charge in [0.1, 0.15) is 6.61 Å². The lowest BCUT2D eigenvalue weighted by atomic mass is 10.1. The van der Waals surface area contributed by atoms with Crippen molar-refractivity contribution in [2.75, 3.05) is 13.7 Å². The van der Waals surface area contributed by atoms with Gasteiger partial charge in [0, 0.05) is 7.11 Å². The van der Waals surface area contributed by atoms with Crippen molar-refractivity contribution in [2.24, 2.45) is 0 Å². The molecule has 0 aromatic rings. The molecule has 0 bridgehead atoms. The Morgan fingerprint density at radius 2 is 2.15 bits per heavy atom. The summed E-state index contributed by atoms with van der Waals surface area (Å²) in [6, 6.07) is 0. The van der Waals surface area contributed by atoms with Crippen LogP contribution in [0.2, 0.25) is 0 Å². The molecule has 0 aliphatic heterocycles. The number of rotatable bonds is 7. The minimum atomic E-state index is -1.24. The summed E-state index contributed by atoms with van der Waals surface area (Å²) in [6.07, 6.45) is 2.87. The van der Waals surface area contributed by atoms with Crippen molar-refractivity contribution < 1.29 is 19.4 Å². The Morgan fingerprint density at radius 3 is 2.62 bits per heavy atom. The van der Waals surface area contributed by atoms with E-state index in [4.69, 9.17) is 9.84 Å². The lowest BCUT2D eigenvalue weighted by molar-refractivity contribution is 0.0118. The van der Waals surface area contributed by atoms with E-state index in [0.29, 0.717) is 0 Å². The highest BCUT2D eigenvalue weighted by atomic mass is 16.7. The van der Waals surface area contributed by atoms with Gasteiger partial charge >= 0.3 is 6.16 Å². The summed E-state index contributed by atoms with van der Waals surface area (Å²) >= 11 is 0. The predicted molar refractivity (Wildman–Crippen MR) is 48.9 cm³/mol. The van der Waals surface area contributed by atoms with E-state index in [1.807, 2.05) is 0 Å². The summed E-state index contributed by atoms with van der Waals surface area (Å²) in [7, 11) is 1.57. The molecule has 0 aliphatic carbocycles. The molecule has 1 unspecified atom stereocenters. The van der Waals surface area contributed by atoms with Gasteiger partial charge in [0.05, 0.1) is 6.10 Å². The normalized spacial score (nSPS) is 12.5. The molecule has 4 nitrogen and oxygen atoms in total. The van der Waals surface area contributed by atoms with E-state index in [1.54, 1.807) is 7.11 Å². The molecule has 0 saturated carbocycles. The van der Waals surface area contributed by atoms with E-state index in [0.717, 1.165) is 25.7 Å². The molecular weight excluding hydrogens is 172 g/mol. The van der Waals surface area contributed by atoms with Gasteiger partial charge in [0.2, 0.25) is 0 Å². The maximum atomic E-state index is 10.1. The first-order chi connectivity index (χ1) is 6.20. The van der Waals surface area contributed by atoms with Gasteiger partial charge in [-0.05, 0) is 6.42 Å². The minimum absolute atomic E-state index is 0.0948. The van der Waals surface area contributed by atoms with Crippen LogP contribution in [-0.2, 0) is 9.47 Å². The van der Waals surface area contributed by atoms with E-state index in [2.05, 4.69) is 11.7 Å². The Bertz CT molecular complexity index is 136. The highest BCUT2D eigenvalue weighted by Crippen LogP contribution is 2.06. The third-order valence-corrected chi connectivity index (χ3v) is 1.86. The zero-order valence-corrected chi connectivity index (χ0v) is 8.28. The molecule has 0 heterocycles. The monoisotopic (exact) mass is 190 g/mol. The third-order valence-electron chi connectivity index (χ3n) is 1.86. The largest absolute Gasteiger partial charge is 0.505 e. The van der Waals surface area contributed by atoms with Crippen LogP contribution in [0.3, 0.4) is 0 Å². The second kappa shape index (κ2) is 7.86. The summed E-state index contributed by atoms with van der Waals surface area (Å²) in [5.74, 6) is 0. The topological polar surface area (TPSA) is 55.8 Å². The molecule has 1 atom stereocenters. The summed E-state index contributed by atoms with van der Waals surface area (Å²) in [5.41, 5.74) is 0. The van der Waals surface area contributed by atoms with E-state index in [1.165, 1.54) is 0 Å². The highest BCUT2D eigenvalue weighted by Gasteiger charge is 2.09. The van der Waals surface area contributed by atoms with Gasteiger partial charge in [-0.15, -0.1) is 0 Å². The summed E-state index contributed by atoms with van der Waals surface area (Å²) in [4.78, 5) is 10.1. The zero-order valence-electron chi connectivity index (χ0n) is 8.28. The molecule has 0 radical (unpaired) electrons. The van der Waals surface area contributed by atoms with E-state index >= 15 is 0 Å². The predicted octanol–water partition coefficient (Wildman–Crippen LogP) is 2.28. The maximum absolute atomic E-state index is 10.1. The molecular formula is C9H18O4. The van der Waals surface area contributed by atoms with Crippen molar-refractivity contribution >= 4 is 6.16 Å². The average molecular weight is 190 g/mol. The Kier molecular flexibility index (Phi) is 7.39. The molecule has 78 valence electrons. The Balaban J connectivity index is 3.45. The van der Waals surface area contributed by atoms with Crippen LogP contribution in [0.15, 0.2) is 0 Å². The molecule has 0 aliphatic rings. The van der Waals surface area contributed by atoms with Gasteiger partial charge in [-0.1, -0.05) is 26.2 Å². The van der Waals surface area contributed by atoms with Crippen LogP contribution in [0.1, 0.15) is 32.6 Å². The van der Waals surface area contributed by atoms with Gasteiger partial charge < -0.3 is 14.6 Å². The first-order valence-electron chi connectivity index (χ1n) is 4.59. The molecule has 0 rings (SSSR count). The standard InChI is InChI=1S/C9H18O4/c1-3-4-5-6-8(12-2)7-13-9(10)11/h8H,3-7H2,1-2H3,(H,10,11). The summed E-state index contributed by atoms with van der Waals surface area (Å²) < 4.78 is 9.48. The Morgan fingerprint density at radius 1 is 1.46 bits per heavy atom. The molecule has 0 aromatic carbocycles. The number of methoxy groups -OCH3 is 1. The van der Waals surface area contributed by atoms with Crippen molar-refractivity contribution in [1.29, 1.82) is 0 Å². The second-order valence-electron chi connectivity index (χ2n) is 2.93. The first-order valence-corrected chi connectivity index (χ1v) is 4.59. The molecule has 0 saturated heterocycles. The molecule has 13 heavy (non-hydrogen) atoms. The average Bonchev–Trinajstić information content (AvgIpc) is 2.10. The fourth-order valence-electron chi connectivity index (χ4n) is 1.06. The van der Waals surface area contributed by atoms with Crippen LogP contribution >= 0.6 is 0 Å². The molecule has 0 amide bonds. The lowest BCUT2D eigenvalue weighted by Gasteiger charge is -2.13. The van der Waals surface area contributed by atoms with Crippen molar-refractivity contribution in [3.8, 4) is 0 Å². The third kappa shape index (κ3) is 7.59. The molecule has 4 heteroatoms. The van der Waals surface area contributed by atoms with Crippen molar-refractivity contribution in [3.63, 3.8) is 0 Å². The van der Waals surface area contributed by atoms with Gasteiger partial charge in [0.25, 0.3) is 0 Å². The first kappa shape index (κ1) is 12.2. The second-order valence-corrected chi connectivity index (χ2v) is 2.93. The van der Waals surface area contributed by atoms with Gasteiger partial charge in [-0.3, -0.25) is 0 Å². The lowest BCUT2D eigenvalue weighted by Crippen LogP contribution is -2.20. The van der Waals surface area contributed by atoms with Crippen LogP contribution in [0, 0.1) is 0 Å². The molecule has 0 fully saturated rings. The highest BCUT2D eigenvalue weighted by molar-refractivity contribution is 5.56. The van der Waals surface area contributed by atoms with Crippen molar-refractivity contribution in [3.05, 3.63) is 0 Å². The number of ether oxygens (including phenoxy) is 2. The fraction of sp³-hybridized carbons (Fsp3) is 0.889. The van der Waals surface area contributed by atoms with Crippen molar-refractivity contribution in [2.45, 2.75) is 38.7 Å².